The van der Waals surface area contributed by atoms with E-state index in [1.165, 1.54) is 6.26 Å². The van der Waals surface area contributed by atoms with Gasteiger partial charge in [-0.3, -0.25) is 0 Å². The standard InChI is InChI=1S/C14H24N4O3S/c1-3-15-14(17-11-13-7-5-9-21-13)16-10-12-6-4-8-18(12)22(2,19)20/h5,7,9,12H,3-4,6,8,10-11H2,1-2H3,(H2,15,16,17)/t12-/m1/s1. The van der Waals surface area contributed by atoms with E-state index in [-0.39, 0.29) is 6.04 Å². The third-order valence-electron chi connectivity index (χ3n) is 3.57. The van der Waals surface area contributed by atoms with Crippen molar-refractivity contribution in [3.63, 3.8) is 0 Å². The first-order chi connectivity index (χ1) is 10.5. The van der Waals surface area contributed by atoms with Crippen LogP contribution in [0.4, 0.5) is 0 Å². The van der Waals surface area contributed by atoms with Gasteiger partial charge in [0.2, 0.25) is 10.0 Å². The molecule has 8 heteroatoms. The van der Waals surface area contributed by atoms with E-state index < -0.39 is 10.0 Å². The Balaban J connectivity index is 1.92. The molecule has 1 atom stereocenters. The Morgan fingerprint density at radius 1 is 1.50 bits per heavy atom. The number of furan rings is 1. The summed E-state index contributed by atoms with van der Waals surface area (Å²) in [5.74, 6) is 1.45. The smallest absolute Gasteiger partial charge is 0.211 e. The van der Waals surface area contributed by atoms with E-state index in [2.05, 4.69) is 15.6 Å². The van der Waals surface area contributed by atoms with E-state index in [0.29, 0.717) is 25.6 Å². The van der Waals surface area contributed by atoms with Crippen LogP contribution in [0.15, 0.2) is 27.8 Å². The van der Waals surface area contributed by atoms with Gasteiger partial charge in [-0.05, 0) is 31.9 Å². The molecule has 7 nitrogen and oxygen atoms in total. The highest BCUT2D eigenvalue weighted by molar-refractivity contribution is 7.88. The van der Waals surface area contributed by atoms with Crippen molar-refractivity contribution in [3.05, 3.63) is 24.2 Å². The van der Waals surface area contributed by atoms with Crippen LogP contribution in [0.2, 0.25) is 0 Å². The minimum absolute atomic E-state index is 0.0116. The van der Waals surface area contributed by atoms with Crippen molar-refractivity contribution in [2.75, 3.05) is 25.9 Å². The normalized spacial score (nSPS) is 20.3. The largest absolute Gasteiger partial charge is 0.467 e. The number of nitrogens with zero attached hydrogens (tertiary/aromatic N) is 2. The van der Waals surface area contributed by atoms with Gasteiger partial charge in [-0.2, -0.15) is 4.31 Å². The fourth-order valence-electron chi connectivity index (χ4n) is 2.57. The van der Waals surface area contributed by atoms with Crippen LogP contribution in [0, 0.1) is 0 Å². The highest BCUT2D eigenvalue weighted by atomic mass is 32.2. The summed E-state index contributed by atoms with van der Waals surface area (Å²) in [6, 6.07) is 3.69. The third kappa shape index (κ3) is 4.74. The minimum Gasteiger partial charge on any atom is -0.467 e. The molecule has 0 unspecified atom stereocenters. The fraction of sp³-hybridized carbons (Fsp3) is 0.643. The zero-order valence-electron chi connectivity index (χ0n) is 13.1. The molecule has 2 heterocycles. The lowest BCUT2D eigenvalue weighted by molar-refractivity contribution is 0.387. The van der Waals surface area contributed by atoms with Gasteiger partial charge < -0.3 is 15.1 Å². The van der Waals surface area contributed by atoms with E-state index in [9.17, 15) is 8.42 Å². The maximum absolute atomic E-state index is 11.7. The molecule has 124 valence electrons. The van der Waals surface area contributed by atoms with E-state index in [1.54, 1.807) is 10.6 Å². The minimum atomic E-state index is -3.14. The van der Waals surface area contributed by atoms with E-state index in [4.69, 9.17) is 4.42 Å². The molecular formula is C14H24N4O3S. The van der Waals surface area contributed by atoms with Crippen molar-refractivity contribution < 1.29 is 12.8 Å². The molecule has 0 aliphatic carbocycles. The second-order valence-electron chi connectivity index (χ2n) is 5.33. The first kappa shape index (κ1) is 16.8. The number of aliphatic imine (C=N–C) groups is 1. The lowest BCUT2D eigenvalue weighted by Gasteiger charge is -2.23. The molecule has 2 N–H and O–H groups in total. The molecule has 0 aromatic carbocycles. The summed E-state index contributed by atoms with van der Waals surface area (Å²) in [6.45, 7) is 4.33. The molecular weight excluding hydrogens is 304 g/mol. The summed E-state index contributed by atoms with van der Waals surface area (Å²) in [7, 11) is -3.14. The van der Waals surface area contributed by atoms with Gasteiger partial charge in [0, 0.05) is 25.7 Å². The topological polar surface area (TPSA) is 86.9 Å². The average molecular weight is 328 g/mol. The molecule has 0 amide bonds. The van der Waals surface area contributed by atoms with Crippen LogP contribution in [0.5, 0.6) is 0 Å². The van der Waals surface area contributed by atoms with Gasteiger partial charge in [-0.25, -0.2) is 13.4 Å². The first-order valence-electron chi connectivity index (χ1n) is 7.52. The Bertz CT molecular complexity index is 583. The number of hydrogen-bond donors (Lipinski definition) is 2. The summed E-state index contributed by atoms with van der Waals surface area (Å²) in [6.07, 6.45) is 4.66. The second-order valence-corrected chi connectivity index (χ2v) is 7.26. The quantitative estimate of drug-likeness (QED) is 0.595. The molecule has 2 rings (SSSR count). The predicted octanol–water partition coefficient (Wildman–Crippen LogP) is 0.759. The van der Waals surface area contributed by atoms with E-state index in [1.807, 2.05) is 19.1 Å². The summed E-state index contributed by atoms with van der Waals surface area (Å²) in [5, 5.41) is 6.37. The zero-order valence-corrected chi connectivity index (χ0v) is 13.9. The molecule has 0 radical (unpaired) electrons. The zero-order chi connectivity index (χ0) is 16.0. The molecule has 0 saturated carbocycles. The number of guanidine groups is 1. The molecule has 0 spiro atoms. The first-order valence-corrected chi connectivity index (χ1v) is 9.37. The van der Waals surface area contributed by atoms with Gasteiger partial charge >= 0.3 is 0 Å². The Kier molecular flexibility index (Phi) is 5.84. The lowest BCUT2D eigenvalue weighted by atomic mass is 10.2. The Hall–Kier alpha value is -1.54. The third-order valence-corrected chi connectivity index (χ3v) is 4.90. The van der Waals surface area contributed by atoms with Gasteiger partial charge in [0.1, 0.15) is 12.3 Å². The molecule has 1 aromatic heterocycles. The SMILES string of the molecule is CCNC(=NCc1ccco1)NC[C@H]1CCCN1S(C)(=O)=O. The number of nitrogens with one attached hydrogen (secondary N) is 2. The van der Waals surface area contributed by atoms with Crippen LogP contribution in [0.25, 0.3) is 0 Å². The van der Waals surface area contributed by atoms with Crippen LogP contribution < -0.4 is 10.6 Å². The molecule has 1 saturated heterocycles. The Morgan fingerprint density at radius 3 is 2.95 bits per heavy atom. The summed E-state index contributed by atoms with van der Waals surface area (Å²) < 4.78 is 30.3. The van der Waals surface area contributed by atoms with Gasteiger partial charge in [0.05, 0.1) is 12.5 Å². The monoisotopic (exact) mass is 328 g/mol. The lowest BCUT2D eigenvalue weighted by Crippen LogP contribution is -2.46. The molecule has 0 bridgehead atoms. The number of sulfonamides is 1. The summed E-state index contributed by atoms with van der Waals surface area (Å²) >= 11 is 0. The molecule has 1 fully saturated rings. The van der Waals surface area contributed by atoms with Crippen molar-refractivity contribution in [1.29, 1.82) is 0 Å². The van der Waals surface area contributed by atoms with Crippen molar-refractivity contribution >= 4 is 16.0 Å². The Labute approximate surface area is 131 Å². The maximum atomic E-state index is 11.7. The van der Waals surface area contributed by atoms with Gasteiger partial charge in [0.15, 0.2) is 5.96 Å². The van der Waals surface area contributed by atoms with Crippen LogP contribution >= 0.6 is 0 Å². The van der Waals surface area contributed by atoms with Crippen LogP contribution in [0.1, 0.15) is 25.5 Å². The van der Waals surface area contributed by atoms with E-state index in [0.717, 1.165) is 25.1 Å². The maximum Gasteiger partial charge on any atom is 0.211 e. The summed E-state index contributed by atoms with van der Waals surface area (Å²) in [5.41, 5.74) is 0. The van der Waals surface area contributed by atoms with Crippen LogP contribution in [-0.2, 0) is 16.6 Å². The molecule has 22 heavy (non-hydrogen) atoms. The average Bonchev–Trinajstić information content (AvgIpc) is 3.12. The van der Waals surface area contributed by atoms with Gasteiger partial charge in [0.25, 0.3) is 0 Å². The molecule has 1 aliphatic rings. The van der Waals surface area contributed by atoms with Gasteiger partial charge in [-0.15, -0.1) is 0 Å². The predicted molar refractivity (Wildman–Crippen MR) is 86.1 cm³/mol. The van der Waals surface area contributed by atoms with E-state index >= 15 is 0 Å². The second kappa shape index (κ2) is 7.64. The van der Waals surface area contributed by atoms with Crippen molar-refractivity contribution in [3.8, 4) is 0 Å². The van der Waals surface area contributed by atoms with Crippen molar-refractivity contribution in [2.45, 2.75) is 32.4 Å². The summed E-state index contributed by atoms with van der Waals surface area (Å²) in [4.78, 5) is 4.44. The molecule has 1 aliphatic heterocycles. The fourth-order valence-corrected chi connectivity index (χ4v) is 3.75. The molecule has 1 aromatic rings. The number of rotatable bonds is 6. The van der Waals surface area contributed by atoms with Crippen LogP contribution in [-0.4, -0.2) is 50.6 Å². The number of hydrogen-bond acceptors (Lipinski definition) is 4. The van der Waals surface area contributed by atoms with Crippen molar-refractivity contribution in [1.82, 2.24) is 14.9 Å². The highest BCUT2D eigenvalue weighted by Gasteiger charge is 2.31. The highest BCUT2D eigenvalue weighted by Crippen LogP contribution is 2.19. The van der Waals surface area contributed by atoms with Gasteiger partial charge in [-0.1, -0.05) is 0 Å². The Morgan fingerprint density at radius 2 is 2.32 bits per heavy atom. The van der Waals surface area contributed by atoms with Crippen molar-refractivity contribution in [2.24, 2.45) is 4.99 Å². The van der Waals surface area contributed by atoms with Crippen LogP contribution in [0.3, 0.4) is 0 Å².